The molecule has 1 aliphatic rings. The third-order valence-electron chi connectivity index (χ3n) is 4.48. The van der Waals surface area contributed by atoms with Gasteiger partial charge in [-0.2, -0.15) is 4.31 Å². The van der Waals surface area contributed by atoms with E-state index in [0.717, 1.165) is 0 Å². The van der Waals surface area contributed by atoms with Crippen molar-refractivity contribution in [2.45, 2.75) is 23.8 Å². The molecule has 1 aromatic carbocycles. The number of nitrogens with one attached hydrogen (secondary N) is 1. The molecule has 1 atom stereocenters. The number of sulfonamides is 1. The van der Waals surface area contributed by atoms with Crippen LogP contribution in [0.15, 0.2) is 50.4 Å². The molecule has 1 fully saturated rings. The Hall–Kier alpha value is -3.25. The third kappa shape index (κ3) is 3.71. The predicted molar refractivity (Wildman–Crippen MR) is 98.3 cm³/mol. The summed E-state index contributed by atoms with van der Waals surface area (Å²) in [6.07, 6.45) is 2.35. The second-order valence-corrected chi connectivity index (χ2v) is 8.12. The van der Waals surface area contributed by atoms with Gasteiger partial charge in [0.1, 0.15) is 11.8 Å². The minimum Gasteiger partial charge on any atom is -0.497 e. The van der Waals surface area contributed by atoms with Crippen LogP contribution < -0.4 is 10.1 Å². The number of rotatable bonds is 6. The van der Waals surface area contributed by atoms with Crippen molar-refractivity contribution in [1.82, 2.24) is 19.7 Å². The van der Waals surface area contributed by atoms with Crippen molar-refractivity contribution < 1.29 is 26.9 Å². The molecule has 1 amide bonds. The fourth-order valence-corrected chi connectivity index (χ4v) is 4.72. The Kier molecular flexibility index (Phi) is 5.03. The van der Waals surface area contributed by atoms with Crippen LogP contribution in [-0.2, 0) is 14.8 Å². The summed E-state index contributed by atoms with van der Waals surface area (Å²) in [7, 11) is -2.36. The van der Waals surface area contributed by atoms with Crippen LogP contribution in [0.4, 0.5) is 6.01 Å². The van der Waals surface area contributed by atoms with Gasteiger partial charge in [-0.15, -0.1) is 5.10 Å². The Bertz CT molecular complexity index is 1090. The largest absolute Gasteiger partial charge is 0.497 e. The second kappa shape index (κ2) is 7.64. The van der Waals surface area contributed by atoms with Crippen LogP contribution in [-0.4, -0.2) is 53.7 Å². The van der Waals surface area contributed by atoms with Gasteiger partial charge in [0.05, 0.1) is 18.2 Å². The summed E-state index contributed by atoms with van der Waals surface area (Å²) in [6.45, 7) is 0.236. The maximum absolute atomic E-state index is 13.0. The van der Waals surface area contributed by atoms with Crippen LogP contribution in [0.25, 0.3) is 11.7 Å². The van der Waals surface area contributed by atoms with Crippen molar-refractivity contribution in [3.05, 3.63) is 36.5 Å². The number of methoxy groups -OCH3 is 1. The number of ether oxygens (including phenoxy) is 1. The van der Waals surface area contributed by atoms with E-state index in [9.17, 15) is 13.2 Å². The first kappa shape index (κ1) is 19.1. The quantitative estimate of drug-likeness (QED) is 0.629. The van der Waals surface area contributed by atoms with Crippen LogP contribution >= 0.6 is 0 Å². The van der Waals surface area contributed by atoms with Crippen molar-refractivity contribution >= 4 is 21.9 Å². The maximum atomic E-state index is 13.0. The van der Waals surface area contributed by atoms with E-state index in [0.29, 0.717) is 18.6 Å². The molecule has 4 rings (SSSR count). The van der Waals surface area contributed by atoms with Gasteiger partial charge in [0, 0.05) is 12.6 Å². The molecule has 12 heteroatoms. The zero-order valence-corrected chi connectivity index (χ0v) is 16.1. The minimum atomic E-state index is -3.85. The van der Waals surface area contributed by atoms with Crippen molar-refractivity contribution in [3.8, 4) is 17.4 Å². The summed E-state index contributed by atoms with van der Waals surface area (Å²) in [4.78, 5) is 12.8. The van der Waals surface area contributed by atoms with Crippen molar-refractivity contribution in [3.63, 3.8) is 0 Å². The highest BCUT2D eigenvalue weighted by Crippen LogP contribution is 2.28. The van der Waals surface area contributed by atoms with Gasteiger partial charge in [0.15, 0.2) is 0 Å². The van der Waals surface area contributed by atoms with E-state index in [1.807, 2.05) is 0 Å². The van der Waals surface area contributed by atoms with Crippen molar-refractivity contribution in [2.24, 2.45) is 0 Å². The average molecular weight is 419 g/mol. The van der Waals surface area contributed by atoms with E-state index in [2.05, 4.69) is 20.7 Å². The van der Waals surface area contributed by atoms with Gasteiger partial charge in [0.25, 0.3) is 5.89 Å². The Labute approximate surface area is 165 Å². The minimum absolute atomic E-state index is 0.0481. The number of anilines is 1. The molecule has 152 valence electrons. The molecule has 0 aliphatic carbocycles. The van der Waals surface area contributed by atoms with Gasteiger partial charge in [-0.3, -0.25) is 10.1 Å². The van der Waals surface area contributed by atoms with Crippen molar-refractivity contribution in [2.75, 3.05) is 19.0 Å². The molecule has 0 saturated carbocycles. The number of nitrogens with zero attached hydrogens (tertiary/aromatic N) is 4. The summed E-state index contributed by atoms with van der Waals surface area (Å²) in [5.41, 5.74) is 0. The molecule has 3 aromatic rings. The number of benzene rings is 1. The van der Waals surface area contributed by atoms with Crippen LogP contribution in [0, 0.1) is 0 Å². The number of aromatic nitrogens is 3. The molecule has 1 unspecified atom stereocenters. The lowest BCUT2D eigenvalue weighted by Gasteiger charge is -2.22. The molecule has 3 heterocycles. The van der Waals surface area contributed by atoms with Crippen LogP contribution in [0.3, 0.4) is 0 Å². The summed E-state index contributed by atoms with van der Waals surface area (Å²) in [5, 5.41) is 13.5. The molecular weight excluding hydrogens is 402 g/mol. The monoisotopic (exact) mass is 419 g/mol. The van der Waals surface area contributed by atoms with Crippen molar-refractivity contribution in [1.29, 1.82) is 0 Å². The number of carbonyl (C=O) groups excluding carboxylic acids is 1. The van der Waals surface area contributed by atoms with Gasteiger partial charge >= 0.3 is 6.01 Å². The molecule has 0 spiro atoms. The molecule has 29 heavy (non-hydrogen) atoms. The van der Waals surface area contributed by atoms with E-state index in [4.69, 9.17) is 13.7 Å². The number of hydrogen-bond acceptors (Lipinski definition) is 9. The zero-order valence-electron chi connectivity index (χ0n) is 15.3. The Morgan fingerprint density at radius 3 is 2.72 bits per heavy atom. The molecular formula is C17H17N5O6S. The first-order valence-electron chi connectivity index (χ1n) is 8.70. The summed E-state index contributed by atoms with van der Waals surface area (Å²) in [6, 6.07) is 6.49. The van der Waals surface area contributed by atoms with Crippen LogP contribution in [0.1, 0.15) is 12.8 Å². The SMILES string of the molecule is COc1ccc(S(=O)(=O)N2CCCC2C(=O)Nc2nnc(-c3ccno3)o2)cc1. The smallest absolute Gasteiger partial charge is 0.322 e. The van der Waals surface area contributed by atoms with Gasteiger partial charge < -0.3 is 13.7 Å². The molecule has 1 N–H and O–H groups in total. The summed E-state index contributed by atoms with van der Waals surface area (Å²) >= 11 is 0. The van der Waals surface area contributed by atoms with Crippen LogP contribution in [0.5, 0.6) is 5.75 Å². The normalized spacial score (nSPS) is 17.3. The van der Waals surface area contributed by atoms with Gasteiger partial charge in [-0.25, -0.2) is 8.42 Å². The number of hydrogen-bond donors (Lipinski definition) is 1. The maximum Gasteiger partial charge on any atom is 0.322 e. The Balaban J connectivity index is 1.50. The molecule has 1 aliphatic heterocycles. The highest BCUT2D eigenvalue weighted by molar-refractivity contribution is 7.89. The highest BCUT2D eigenvalue weighted by Gasteiger charge is 2.40. The van der Waals surface area contributed by atoms with E-state index in [1.54, 1.807) is 12.1 Å². The molecule has 0 radical (unpaired) electrons. The lowest BCUT2D eigenvalue weighted by atomic mass is 10.2. The highest BCUT2D eigenvalue weighted by atomic mass is 32.2. The fourth-order valence-electron chi connectivity index (χ4n) is 3.06. The van der Waals surface area contributed by atoms with E-state index < -0.39 is 22.0 Å². The van der Waals surface area contributed by atoms with Gasteiger partial charge in [-0.05, 0) is 37.1 Å². The average Bonchev–Trinajstić information content (AvgIpc) is 3.48. The van der Waals surface area contributed by atoms with E-state index in [-0.39, 0.29) is 29.1 Å². The zero-order chi connectivity index (χ0) is 20.4. The first-order chi connectivity index (χ1) is 14.0. The number of carbonyl (C=O) groups is 1. The van der Waals surface area contributed by atoms with E-state index in [1.165, 1.54) is 35.8 Å². The lowest BCUT2D eigenvalue weighted by Crippen LogP contribution is -2.43. The molecule has 1 saturated heterocycles. The van der Waals surface area contributed by atoms with Gasteiger partial charge in [0.2, 0.25) is 21.7 Å². The first-order valence-corrected chi connectivity index (χ1v) is 10.1. The molecule has 0 bridgehead atoms. The summed E-state index contributed by atoms with van der Waals surface area (Å²) < 4.78 is 42.5. The number of amides is 1. The molecule has 11 nitrogen and oxygen atoms in total. The second-order valence-electron chi connectivity index (χ2n) is 6.23. The van der Waals surface area contributed by atoms with E-state index >= 15 is 0 Å². The topological polar surface area (TPSA) is 141 Å². The lowest BCUT2D eigenvalue weighted by molar-refractivity contribution is -0.119. The fraction of sp³-hybridized carbons (Fsp3) is 0.294. The summed E-state index contributed by atoms with van der Waals surface area (Å²) in [5.74, 6) is 0.292. The van der Waals surface area contributed by atoms with Gasteiger partial charge in [-0.1, -0.05) is 10.3 Å². The van der Waals surface area contributed by atoms with Crippen LogP contribution in [0.2, 0.25) is 0 Å². The standard InChI is InChI=1S/C17H17N5O6S/c1-26-11-4-6-12(7-5-11)29(24,25)22-10-2-3-13(22)15(23)19-17-21-20-16(27-17)14-8-9-18-28-14/h4-9,13H,2-3,10H2,1H3,(H,19,21,23). The third-order valence-corrected chi connectivity index (χ3v) is 6.40. The Morgan fingerprint density at radius 2 is 2.03 bits per heavy atom. The predicted octanol–water partition coefficient (Wildman–Crippen LogP) is 1.52. The molecule has 2 aromatic heterocycles. The Morgan fingerprint density at radius 1 is 1.24 bits per heavy atom.